The van der Waals surface area contributed by atoms with Gasteiger partial charge in [0.05, 0.1) is 25.9 Å². The second kappa shape index (κ2) is 11.3. The molecule has 3 N–H and O–H groups in total. The number of hydrogen-bond donors (Lipinski definition) is 3. The van der Waals surface area contributed by atoms with Crippen molar-refractivity contribution in [1.29, 1.82) is 0 Å². The van der Waals surface area contributed by atoms with Crippen molar-refractivity contribution < 1.29 is 24.1 Å². The van der Waals surface area contributed by atoms with Gasteiger partial charge < -0.3 is 30.0 Å². The smallest absolute Gasteiger partial charge is 0.315 e. The monoisotopic (exact) mass is 402 g/mol. The molecule has 7 nitrogen and oxygen atoms in total. The van der Waals surface area contributed by atoms with Gasteiger partial charge in [0.15, 0.2) is 11.5 Å². The van der Waals surface area contributed by atoms with E-state index >= 15 is 0 Å². The Morgan fingerprint density at radius 2 is 1.69 bits per heavy atom. The summed E-state index contributed by atoms with van der Waals surface area (Å²) in [5.41, 5.74) is 2.70. The molecule has 0 fully saturated rings. The topological polar surface area (TPSA) is 89.1 Å². The zero-order chi connectivity index (χ0) is 21.2. The van der Waals surface area contributed by atoms with E-state index < -0.39 is 6.10 Å². The summed E-state index contributed by atoms with van der Waals surface area (Å²) in [6.45, 7) is 4.94. The third kappa shape index (κ3) is 6.96. The molecule has 2 aromatic rings. The van der Waals surface area contributed by atoms with Crippen LogP contribution in [0.4, 0.5) is 4.79 Å². The van der Waals surface area contributed by atoms with Crippen LogP contribution in [0.3, 0.4) is 0 Å². The molecule has 158 valence electrons. The first-order chi connectivity index (χ1) is 13.9. The minimum absolute atomic E-state index is 0.213. The lowest BCUT2D eigenvalue weighted by Crippen LogP contribution is -2.36. The summed E-state index contributed by atoms with van der Waals surface area (Å²) in [5.74, 6) is 1.23. The number of rotatable bonds is 10. The van der Waals surface area contributed by atoms with Crippen molar-refractivity contribution in [3.8, 4) is 11.5 Å². The Balaban J connectivity index is 1.89. The van der Waals surface area contributed by atoms with E-state index in [2.05, 4.69) is 10.6 Å². The molecule has 0 bridgehead atoms. The number of aliphatic hydroxyl groups excluding tert-OH is 1. The highest BCUT2D eigenvalue weighted by molar-refractivity contribution is 5.74. The summed E-state index contributed by atoms with van der Waals surface area (Å²) >= 11 is 0. The van der Waals surface area contributed by atoms with Gasteiger partial charge in [-0.05, 0) is 42.7 Å². The predicted octanol–water partition coefficient (Wildman–Crippen LogP) is 3.33. The number of amides is 2. The van der Waals surface area contributed by atoms with Crippen LogP contribution in [0, 0.1) is 0 Å². The summed E-state index contributed by atoms with van der Waals surface area (Å²) in [4.78, 5) is 12.2. The Kier molecular flexibility index (Phi) is 8.76. The Labute approximate surface area is 172 Å². The number of methoxy groups -OCH3 is 2. The van der Waals surface area contributed by atoms with E-state index in [4.69, 9.17) is 14.2 Å². The van der Waals surface area contributed by atoms with Crippen molar-refractivity contribution in [3.05, 3.63) is 59.2 Å². The molecule has 0 aromatic heterocycles. The number of benzene rings is 2. The third-order valence-corrected chi connectivity index (χ3v) is 4.50. The normalized spacial score (nSPS) is 12.7. The van der Waals surface area contributed by atoms with Crippen molar-refractivity contribution in [2.75, 3.05) is 27.4 Å². The molecule has 0 heterocycles. The lowest BCUT2D eigenvalue weighted by Gasteiger charge is -2.17. The predicted molar refractivity (Wildman–Crippen MR) is 111 cm³/mol. The Hall–Kier alpha value is -2.77. The van der Waals surface area contributed by atoms with Gasteiger partial charge in [0.2, 0.25) is 0 Å². The summed E-state index contributed by atoms with van der Waals surface area (Å²) in [5, 5.41) is 15.3. The molecule has 0 radical (unpaired) electrons. The van der Waals surface area contributed by atoms with Gasteiger partial charge in [-0.2, -0.15) is 0 Å². The summed E-state index contributed by atoms with van der Waals surface area (Å²) in [7, 11) is 3.20. The maximum absolute atomic E-state index is 12.2. The molecule has 0 aliphatic carbocycles. The van der Waals surface area contributed by atoms with Crippen molar-refractivity contribution in [2.45, 2.75) is 32.5 Å². The molecule has 2 amide bonds. The fraction of sp³-hybridized carbons (Fsp3) is 0.409. The van der Waals surface area contributed by atoms with Gasteiger partial charge in [-0.25, -0.2) is 4.79 Å². The molecule has 2 aromatic carbocycles. The number of urea groups is 1. The largest absolute Gasteiger partial charge is 0.493 e. The molecule has 0 aliphatic heterocycles. The van der Waals surface area contributed by atoms with Gasteiger partial charge in [-0.3, -0.25) is 0 Å². The first kappa shape index (κ1) is 22.5. The fourth-order valence-corrected chi connectivity index (χ4v) is 2.74. The van der Waals surface area contributed by atoms with Gasteiger partial charge in [0.1, 0.15) is 6.61 Å². The van der Waals surface area contributed by atoms with Crippen molar-refractivity contribution in [2.24, 2.45) is 0 Å². The SMILES string of the molecule is COCCOc1ccc([C@H](C)NC(=O)NCc2ccc([C@H](C)O)cc2)cc1OC. The highest BCUT2D eigenvalue weighted by atomic mass is 16.5. The standard InChI is InChI=1S/C22H30N2O5/c1-15(19-9-10-20(21(13-19)28-4)29-12-11-27-3)24-22(26)23-14-17-5-7-18(8-6-17)16(2)25/h5-10,13,15-16,25H,11-12,14H2,1-4H3,(H2,23,24,26)/t15-,16-/m0/s1. The maximum Gasteiger partial charge on any atom is 0.315 e. The molecule has 29 heavy (non-hydrogen) atoms. The van der Waals surface area contributed by atoms with Gasteiger partial charge in [0.25, 0.3) is 0 Å². The van der Waals surface area contributed by atoms with Crippen molar-refractivity contribution in [3.63, 3.8) is 0 Å². The lowest BCUT2D eigenvalue weighted by atomic mass is 10.1. The maximum atomic E-state index is 12.2. The zero-order valence-corrected chi connectivity index (χ0v) is 17.4. The van der Waals surface area contributed by atoms with Crippen LogP contribution in [0.2, 0.25) is 0 Å². The van der Waals surface area contributed by atoms with Crippen LogP contribution in [-0.4, -0.2) is 38.6 Å². The number of hydrogen-bond acceptors (Lipinski definition) is 5. The highest BCUT2D eigenvalue weighted by Gasteiger charge is 2.13. The Morgan fingerprint density at radius 1 is 1.00 bits per heavy atom. The minimum Gasteiger partial charge on any atom is -0.493 e. The van der Waals surface area contributed by atoms with Crippen molar-refractivity contribution in [1.82, 2.24) is 10.6 Å². The molecule has 2 rings (SSSR count). The van der Waals surface area contributed by atoms with Crippen molar-refractivity contribution >= 4 is 6.03 Å². The van der Waals surface area contributed by atoms with E-state index in [0.29, 0.717) is 31.3 Å². The second-order valence-corrected chi connectivity index (χ2v) is 6.72. The first-order valence-electron chi connectivity index (χ1n) is 9.55. The Bertz CT molecular complexity index is 777. The third-order valence-electron chi connectivity index (χ3n) is 4.50. The number of nitrogens with one attached hydrogen (secondary N) is 2. The van der Waals surface area contributed by atoms with Gasteiger partial charge in [-0.15, -0.1) is 0 Å². The molecule has 0 saturated carbocycles. The van der Waals surface area contributed by atoms with Gasteiger partial charge >= 0.3 is 6.03 Å². The average molecular weight is 402 g/mol. The molecule has 7 heteroatoms. The van der Waals surface area contributed by atoms with E-state index in [-0.39, 0.29) is 12.1 Å². The van der Waals surface area contributed by atoms with Crippen LogP contribution in [0.5, 0.6) is 11.5 Å². The molecular formula is C22H30N2O5. The number of aliphatic hydroxyl groups is 1. The zero-order valence-electron chi connectivity index (χ0n) is 17.4. The van der Waals surface area contributed by atoms with Crippen LogP contribution in [0.1, 0.15) is 42.7 Å². The molecule has 2 atom stereocenters. The molecule has 0 unspecified atom stereocenters. The highest BCUT2D eigenvalue weighted by Crippen LogP contribution is 2.30. The van der Waals surface area contributed by atoms with Crippen LogP contribution < -0.4 is 20.1 Å². The minimum atomic E-state index is -0.505. The summed E-state index contributed by atoms with van der Waals surface area (Å²) in [6.07, 6.45) is -0.505. The summed E-state index contributed by atoms with van der Waals surface area (Å²) in [6, 6.07) is 12.6. The fourth-order valence-electron chi connectivity index (χ4n) is 2.74. The lowest BCUT2D eigenvalue weighted by molar-refractivity contribution is 0.144. The van der Waals surface area contributed by atoms with Crippen LogP contribution in [0.15, 0.2) is 42.5 Å². The molecular weight excluding hydrogens is 372 g/mol. The quantitative estimate of drug-likeness (QED) is 0.531. The molecule has 0 saturated heterocycles. The number of carbonyl (C=O) groups is 1. The molecule has 0 spiro atoms. The number of carbonyl (C=O) groups excluding carboxylic acids is 1. The van der Waals surface area contributed by atoms with Crippen LogP contribution in [0.25, 0.3) is 0 Å². The van der Waals surface area contributed by atoms with Crippen LogP contribution in [-0.2, 0) is 11.3 Å². The number of ether oxygens (including phenoxy) is 3. The van der Waals surface area contributed by atoms with E-state index in [9.17, 15) is 9.90 Å². The van der Waals surface area contributed by atoms with E-state index in [1.54, 1.807) is 21.1 Å². The van der Waals surface area contributed by atoms with E-state index in [1.807, 2.05) is 49.4 Å². The van der Waals surface area contributed by atoms with E-state index in [0.717, 1.165) is 16.7 Å². The van der Waals surface area contributed by atoms with E-state index in [1.165, 1.54) is 0 Å². The van der Waals surface area contributed by atoms with Gasteiger partial charge in [-0.1, -0.05) is 30.3 Å². The Morgan fingerprint density at radius 3 is 2.31 bits per heavy atom. The van der Waals surface area contributed by atoms with Gasteiger partial charge in [0, 0.05) is 13.7 Å². The van der Waals surface area contributed by atoms with Crippen LogP contribution >= 0.6 is 0 Å². The summed E-state index contributed by atoms with van der Waals surface area (Å²) < 4.78 is 16.0. The molecule has 0 aliphatic rings. The average Bonchev–Trinajstić information content (AvgIpc) is 2.72. The second-order valence-electron chi connectivity index (χ2n) is 6.72. The first-order valence-corrected chi connectivity index (χ1v) is 9.55.